The summed E-state index contributed by atoms with van der Waals surface area (Å²) in [5, 5.41) is 2.86. The number of amides is 1. The lowest BCUT2D eigenvalue weighted by Gasteiger charge is -2.07. The van der Waals surface area contributed by atoms with Gasteiger partial charge in [0.2, 0.25) is 0 Å². The van der Waals surface area contributed by atoms with Crippen LogP contribution in [0.1, 0.15) is 41.3 Å². The molecule has 1 amide bonds. The predicted molar refractivity (Wildman–Crippen MR) is 84.9 cm³/mol. The van der Waals surface area contributed by atoms with Gasteiger partial charge in [-0.25, -0.2) is 4.98 Å². The molecule has 4 heteroatoms. The Balaban J connectivity index is 1.91. The Kier molecular flexibility index (Phi) is 5.32. The van der Waals surface area contributed by atoms with E-state index in [0.29, 0.717) is 12.1 Å². The van der Waals surface area contributed by atoms with Crippen LogP contribution in [0, 0.1) is 0 Å². The Hall–Kier alpha value is -2.36. The fourth-order valence-corrected chi connectivity index (χ4v) is 2.09. The molecule has 2 aromatic rings. The van der Waals surface area contributed by atoms with Gasteiger partial charge in [0.1, 0.15) is 5.82 Å². The van der Waals surface area contributed by atoms with Crippen molar-refractivity contribution in [3.63, 3.8) is 0 Å². The number of nitrogens with two attached hydrogens (primary N) is 1. The van der Waals surface area contributed by atoms with Crippen molar-refractivity contribution in [3.05, 3.63) is 59.3 Å². The largest absolute Gasteiger partial charge is 0.383 e. The molecule has 0 aliphatic rings. The number of unbranched alkanes of at least 4 members (excludes halogenated alkanes) is 1. The van der Waals surface area contributed by atoms with Crippen LogP contribution in [0.2, 0.25) is 0 Å². The van der Waals surface area contributed by atoms with Crippen LogP contribution in [0.3, 0.4) is 0 Å². The highest BCUT2D eigenvalue weighted by atomic mass is 16.1. The van der Waals surface area contributed by atoms with Crippen LogP contribution in [0.15, 0.2) is 42.6 Å². The lowest BCUT2D eigenvalue weighted by Crippen LogP contribution is -2.24. The lowest BCUT2D eigenvalue weighted by molar-refractivity contribution is 0.0951. The molecular weight excluding hydrogens is 262 g/mol. The molecule has 2 rings (SSSR count). The molecular formula is C17H21N3O. The van der Waals surface area contributed by atoms with Crippen molar-refractivity contribution in [2.24, 2.45) is 0 Å². The Morgan fingerprint density at radius 2 is 1.90 bits per heavy atom. The number of carbonyl (C=O) groups is 1. The maximum atomic E-state index is 12.0. The van der Waals surface area contributed by atoms with E-state index in [2.05, 4.69) is 41.5 Å². The van der Waals surface area contributed by atoms with Gasteiger partial charge in [-0.1, -0.05) is 37.6 Å². The van der Waals surface area contributed by atoms with Gasteiger partial charge in [-0.15, -0.1) is 0 Å². The molecule has 1 heterocycles. The Labute approximate surface area is 125 Å². The number of benzene rings is 1. The van der Waals surface area contributed by atoms with Gasteiger partial charge < -0.3 is 11.1 Å². The topological polar surface area (TPSA) is 68.0 Å². The van der Waals surface area contributed by atoms with Crippen molar-refractivity contribution in [2.75, 3.05) is 5.73 Å². The molecule has 0 bridgehead atoms. The van der Waals surface area contributed by atoms with E-state index in [1.165, 1.54) is 18.4 Å². The number of rotatable bonds is 6. The maximum absolute atomic E-state index is 12.0. The number of nitrogens with zero attached hydrogens (tertiary/aromatic N) is 1. The smallest absolute Gasteiger partial charge is 0.255 e. The van der Waals surface area contributed by atoms with E-state index in [4.69, 9.17) is 5.73 Å². The van der Waals surface area contributed by atoms with E-state index >= 15 is 0 Å². The van der Waals surface area contributed by atoms with Crippen LogP contribution in [-0.2, 0) is 13.0 Å². The summed E-state index contributed by atoms with van der Waals surface area (Å²) >= 11 is 0. The number of aryl methyl sites for hydroxylation is 1. The summed E-state index contributed by atoms with van der Waals surface area (Å²) in [6.45, 7) is 2.68. The number of nitrogens with one attached hydrogen (secondary N) is 1. The summed E-state index contributed by atoms with van der Waals surface area (Å²) in [4.78, 5) is 15.9. The van der Waals surface area contributed by atoms with Crippen molar-refractivity contribution < 1.29 is 4.79 Å². The molecule has 0 radical (unpaired) electrons. The highest BCUT2D eigenvalue weighted by Gasteiger charge is 2.09. The van der Waals surface area contributed by atoms with Crippen molar-refractivity contribution in [1.82, 2.24) is 10.3 Å². The molecule has 21 heavy (non-hydrogen) atoms. The summed E-state index contributed by atoms with van der Waals surface area (Å²) in [5.74, 6) is 0.0561. The Morgan fingerprint density at radius 3 is 2.57 bits per heavy atom. The predicted octanol–water partition coefficient (Wildman–Crippen LogP) is 2.94. The Bertz CT molecular complexity index is 593. The molecule has 0 atom stereocenters. The third-order valence-electron chi connectivity index (χ3n) is 3.38. The average molecular weight is 283 g/mol. The summed E-state index contributed by atoms with van der Waals surface area (Å²) in [6, 6.07) is 11.7. The zero-order valence-corrected chi connectivity index (χ0v) is 12.3. The minimum absolute atomic E-state index is 0.198. The molecule has 1 aromatic heterocycles. The van der Waals surface area contributed by atoms with E-state index in [1.807, 2.05) is 0 Å². The number of hydrogen-bond acceptors (Lipinski definition) is 3. The van der Waals surface area contributed by atoms with Gasteiger partial charge >= 0.3 is 0 Å². The van der Waals surface area contributed by atoms with Gasteiger partial charge in [0.05, 0.1) is 5.56 Å². The molecule has 4 nitrogen and oxygen atoms in total. The molecule has 0 saturated carbocycles. The first-order valence-electron chi connectivity index (χ1n) is 7.27. The SMILES string of the molecule is CCCCc1ccc(CNC(=O)c2cccnc2N)cc1. The van der Waals surface area contributed by atoms with E-state index in [9.17, 15) is 4.79 Å². The zero-order valence-electron chi connectivity index (χ0n) is 12.3. The number of nitrogen functional groups attached to an aromatic ring is 1. The van der Waals surface area contributed by atoms with Crippen molar-refractivity contribution >= 4 is 11.7 Å². The van der Waals surface area contributed by atoms with Gasteiger partial charge in [-0.2, -0.15) is 0 Å². The van der Waals surface area contributed by atoms with Gasteiger partial charge in [-0.05, 0) is 36.1 Å². The minimum atomic E-state index is -0.198. The standard InChI is InChI=1S/C17H21N3O/c1-2-3-5-13-7-9-14(10-8-13)12-20-17(21)15-6-4-11-19-16(15)18/h4,6-11H,2-3,5,12H2,1H3,(H2,18,19)(H,20,21). The summed E-state index contributed by atoms with van der Waals surface area (Å²) in [7, 11) is 0. The second kappa shape index (κ2) is 7.43. The average Bonchev–Trinajstić information content (AvgIpc) is 2.52. The normalized spacial score (nSPS) is 10.3. The highest BCUT2D eigenvalue weighted by molar-refractivity contribution is 5.98. The van der Waals surface area contributed by atoms with Crippen LogP contribution in [0.5, 0.6) is 0 Å². The molecule has 1 aromatic carbocycles. The fraction of sp³-hybridized carbons (Fsp3) is 0.294. The van der Waals surface area contributed by atoms with E-state index in [-0.39, 0.29) is 11.7 Å². The second-order valence-electron chi connectivity index (χ2n) is 5.04. The van der Waals surface area contributed by atoms with Crippen LogP contribution < -0.4 is 11.1 Å². The molecule has 110 valence electrons. The van der Waals surface area contributed by atoms with Crippen LogP contribution in [-0.4, -0.2) is 10.9 Å². The van der Waals surface area contributed by atoms with Gasteiger partial charge in [0, 0.05) is 12.7 Å². The van der Waals surface area contributed by atoms with Crippen LogP contribution >= 0.6 is 0 Å². The summed E-state index contributed by atoms with van der Waals surface area (Å²) < 4.78 is 0. The lowest BCUT2D eigenvalue weighted by atomic mass is 10.1. The number of pyridine rings is 1. The minimum Gasteiger partial charge on any atom is -0.383 e. The quantitative estimate of drug-likeness (QED) is 0.856. The summed E-state index contributed by atoms with van der Waals surface area (Å²) in [5.41, 5.74) is 8.51. The molecule has 0 aliphatic heterocycles. The van der Waals surface area contributed by atoms with Gasteiger partial charge in [0.25, 0.3) is 5.91 Å². The zero-order chi connectivity index (χ0) is 15.1. The molecule has 0 spiro atoms. The number of anilines is 1. The van der Waals surface area contributed by atoms with Crippen molar-refractivity contribution in [2.45, 2.75) is 32.7 Å². The number of aromatic nitrogens is 1. The number of hydrogen-bond donors (Lipinski definition) is 2. The summed E-state index contributed by atoms with van der Waals surface area (Å²) in [6.07, 6.45) is 5.08. The van der Waals surface area contributed by atoms with E-state index in [0.717, 1.165) is 12.0 Å². The first-order chi connectivity index (χ1) is 10.2. The first kappa shape index (κ1) is 15.0. The number of carbonyl (C=O) groups excluding carboxylic acids is 1. The second-order valence-corrected chi connectivity index (χ2v) is 5.04. The van der Waals surface area contributed by atoms with Crippen LogP contribution in [0.4, 0.5) is 5.82 Å². The first-order valence-corrected chi connectivity index (χ1v) is 7.27. The van der Waals surface area contributed by atoms with Crippen molar-refractivity contribution in [1.29, 1.82) is 0 Å². The van der Waals surface area contributed by atoms with E-state index < -0.39 is 0 Å². The van der Waals surface area contributed by atoms with Gasteiger partial charge in [-0.3, -0.25) is 4.79 Å². The van der Waals surface area contributed by atoms with Crippen LogP contribution in [0.25, 0.3) is 0 Å². The molecule has 0 unspecified atom stereocenters. The maximum Gasteiger partial charge on any atom is 0.255 e. The Morgan fingerprint density at radius 1 is 1.19 bits per heavy atom. The third-order valence-corrected chi connectivity index (χ3v) is 3.38. The monoisotopic (exact) mass is 283 g/mol. The van der Waals surface area contributed by atoms with E-state index in [1.54, 1.807) is 18.3 Å². The van der Waals surface area contributed by atoms with Gasteiger partial charge in [0.15, 0.2) is 0 Å². The van der Waals surface area contributed by atoms with Crippen molar-refractivity contribution in [3.8, 4) is 0 Å². The molecule has 0 aliphatic carbocycles. The highest BCUT2D eigenvalue weighted by Crippen LogP contribution is 2.09. The molecule has 0 saturated heterocycles. The molecule has 3 N–H and O–H groups in total. The molecule has 0 fully saturated rings. The fourth-order valence-electron chi connectivity index (χ4n) is 2.09. The third kappa shape index (κ3) is 4.31.